The van der Waals surface area contributed by atoms with Gasteiger partial charge in [0.25, 0.3) is 0 Å². The molecule has 1 aromatic carbocycles. The quantitative estimate of drug-likeness (QED) is 0.843. The fourth-order valence-corrected chi connectivity index (χ4v) is 2.82. The zero-order valence-electron chi connectivity index (χ0n) is 11.4. The SMILES string of the molecule is O=C1NCCN(C(=O)[C@@H]2C[C@H]2C(=O)O)[C@H]1c1ccccc1. The van der Waals surface area contributed by atoms with E-state index >= 15 is 0 Å². The Bertz CT molecular complexity index is 587. The molecule has 2 fully saturated rings. The predicted octanol–water partition coefficient (Wildman–Crippen LogP) is 0.407. The molecule has 0 spiro atoms. The Morgan fingerprint density at radius 3 is 2.52 bits per heavy atom. The van der Waals surface area contributed by atoms with Gasteiger partial charge in [-0.3, -0.25) is 14.4 Å². The first-order chi connectivity index (χ1) is 10.1. The molecule has 1 saturated carbocycles. The van der Waals surface area contributed by atoms with Crippen molar-refractivity contribution < 1.29 is 19.5 Å². The molecular weight excluding hydrogens is 272 g/mol. The molecule has 0 aromatic heterocycles. The average Bonchev–Trinajstić information content (AvgIpc) is 3.28. The van der Waals surface area contributed by atoms with Crippen LogP contribution in [0.5, 0.6) is 0 Å². The van der Waals surface area contributed by atoms with Gasteiger partial charge in [0.05, 0.1) is 11.8 Å². The van der Waals surface area contributed by atoms with Gasteiger partial charge in [0.2, 0.25) is 11.8 Å². The Kier molecular flexibility index (Phi) is 3.37. The standard InChI is InChI=1S/C15H16N2O4/c18-13-12(9-4-2-1-3-5-9)17(7-6-16-13)14(19)10-8-11(10)15(20)21/h1-5,10-12H,6-8H2,(H,16,18)(H,20,21)/t10-,11-,12+/m1/s1. The number of nitrogens with zero attached hydrogens (tertiary/aromatic N) is 1. The Hall–Kier alpha value is -2.37. The van der Waals surface area contributed by atoms with Crippen molar-refractivity contribution in [1.29, 1.82) is 0 Å². The number of aliphatic carboxylic acids is 1. The van der Waals surface area contributed by atoms with Gasteiger partial charge in [0, 0.05) is 13.1 Å². The molecule has 6 nitrogen and oxygen atoms in total. The van der Waals surface area contributed by atoms with Gasteiger partial charge in [-0.05, 0) is 12.0 Å². The molecule has 21 heavy (non-hydrogen) atoms. The summed E-state index contributed by atoms with van der Waals surface area (Å²) >= 11 is 0. The highest BCUT2D eigenvalue weighted by atomic mass is 16.4. The monoisotopic (exact) mass is 288 g/mol. The summed E-state index contributed by atoms with van der Waals surface area (Å²) in [6.45, 7) is 0.811. The number of carbonyl (C=O) groups is 3. The topological polar surface area (TPSA) is 86.7 Å². The number of benzene rings is 1. The lowest BCUT2D eigenvalue weighted by atomic mass is 10.0. The maximum Gasteiger partial charge on any atom is 0.307 e. The van der Waals surface area contributed by atoms with Crippen LogP contribution in [0, 0.1) is 11.8 Å². The van der Waals surface area contributed by atoms with Crippen LogP contribution in [0.15, 0.2) is 30.3 Å². The van der Waals surface area contributed by atoms with Gasteiger partial charge in [0.15, 0.2) is 0 Å². The maximum absolute atomic E-state index is 12.5. The summed E-state index contributed by atoms with van der Waals surface area (Å²) in [5.74, 6) is -2.47. The molecular formula is C15H16N2O4. The third-order valence-corrected chi connectivity index (χ3v) is 4.04. The van der Waals surface area contributed by atoms with Crippen molar-refractivity contribution in [2.45, 2.75) is 12.5 Å². The van der Waals surface area contributed by atoms with Gasteiger partial charge in [-0.2, -0.15) is 0 Å². The van der Waals surface area contributed by atoms with Crippen molar-refractivity contribution in [3.05, 3.63) is 35.9 Å². The van der Waals surface area contributed by atoms with E-state index in [9.17, 15) is 14.4 Å². The van der Waals surface area contributed by atoms with E-state index in [1.54, 1.807) is 12.1 Å². The van der Waals surface area contributed by atoms with Crippen LogP contribution in [-0.2, 0) is 14.4 Å². The van der Waals surface area contributed by atoms with Crippen LogP contribution in [0.1, 0.15) is 18.0 Å². The zero-order chi connectivity index (χ0) is 15.0. The summed E-state index contributed by atoms with van der Waals surface area (Å²) < 4.78 is 0. The van der Waals surface area contributed by atoms with E-state index in [2.05, 4.69) is 5.32 Å². The third-order valence-electron chi connectivity index (χ3n) is 4.04. The van der Waals surface area contributed by atoms with Gasteiger partial charge < -0.3 is 15.3 Å². The molecule has 1 aliphatic heterocycles. The molecule has 1 saturated heterocycles. The molecule has 6 heteroatoms. The van der Waals surface area contributed by atoms with Crippen molar-refractivity contribution >= 4 is 17.8 Å². The number of piperazine rings is 1. The Morgan fingerprint density at radius 2 is 1.90 bits per heavy atom. The number of nitrogens with one attached hydrogen (secondary N) is 1. The minimum absolute atomic E-state index is 0.215. The Balaban J connectivity index is 1.84. The predicted molar refractivity (Wildman–Crippen MR) is 73.1 cm³/mol. The highest BCUT2D eigenvalue weighted by molar-refractivity contribution is 5.94. The molecule has 110 valence electrons. The second-order valence-corrected chi connectivity index (χ2v) is 5.42. The molecule has 2 N–H and O–H groups in total. The first-order valence-corrected chi connectivity index (χ1v) is 6.95. The molecule has 3 atom stereocenters. The summed E-state index contributed by atoms with van der Waals surface area (Å²) in [4.78, 5) is 37.1. The summed E-state index contributed by atoms with van der Waals surface area (Å²) in [5.41, 5.74) is 0.746. The normalized spacial score (nSPS) is 27.9. The molecule has 0 bridgehead atoms. The van der Waals surface area contributed by atoms with Crippen molar-refractivity contribution in [1.82, 2.24) is 10.2 Å². The summed E-state index contributed by atoms with van der Waals surface area (Å²) in [6, 6.07) is 8.42. The van der Waals surface area contributed by atoms with Crippen molar-refractivity contribution in [3.8, 4) is 0 Å². The maximum atomic E-state index is 12.5. The molecule has 0 unspecified atom stereocenters. The van der Waals surface area contributed by atoms with Crippen LogP contribution in [0.4, 0.5) is 0 Å². The lowest BCUT2D eigenvalue weighted by molar-refractivity contribution is -0.146. The second kappa shape index (κ2) is 5.20. The van der Waals surface area contributed by atoms with Crippen molar-refractivity contribution in [2.75, 3.05) is 13.1 Å². The zero-order valence-corrected chi connectivity index (χ0v) is 11.4. The highest BCUT2D eigenvalue weighted by Crippen LogP contribution is 2.41. The Labute approximate surface area is 121 Å². The largest absolute Gasteiger partial charge is 0.481 e. The molecule has 3 rings (SSSR count). The third kappa shape index (κ3) is 2.49. The van der Waals surface area contributed by atoms with Gasteiger partial charge in [0.1, 0.15) is 6.04 Å². The van der Waals surface area contributed by atoms with Crippen molar-refractivity contribution in [2.24, 2.45) is 11.8 Å². The van der Waals surface area contributed by atoms with Gasteiger partial charge in [-0.25, -0.2) is 0 Å². The fraction of sp³-hybridized carbons (Fsp3) is 0.400. The molecule has 1 aromatic rings. The van der Waals surface area contributed by atoms with E-state index in [0.717, 1.165) is 5.56 Å². The number of hydrogen-bond donors (Lipinski definition) is 2. The second-order valence-electron chi connectivity index (χ2n) is 5.42. The average molecular weight is 288 g/mol. The molecule has 1 aliphatic carbocycles. The minimum Gasteiger partial charge on any atom is -0.481 e. The van der Waals surface area contributed by atoms with Crippen LogP contribution in [0.25, 0.3) is 0 Å². The van der Waals surface area contributed by atoms with E-state index < -0.39 is 23.8 Å². The van der Waals surface area contributed by atoms with Crippen LogP contribution < -0.4 is 5.32 Å². The molecule has 0 radical (unpaired) electrons. The van der Waals surface area contributed by atoms with E-state index in [4.69, 9.17) is 5.11 Å². The van der Waals surface area contributed by atoms with E-state index in [-0.39, 0.29) is 11.8 Å². The van der Waals surface area contributed by atoms with Gasteiger partial charge in [-0.1, -0.05) is 30.3 Å². The van der Waals surface area contributed by atoms with Gasteiger partial charge in [-0.15, -0.1) is 0 Å². The number of carboxylic acid groups (broad SMARTS) is 1. The van der Waals surface area contributed by atoms with Crippen LogP contribution >= 0.6 is 0 Å². The van der Waals surface area contributed by atoms with Crippen LogP contribution in [0.2, 0.25) is 0 Å². The van der Waals surface area contributed by atoms with Crippen molar-refractivity contribution in [3.63, 3.8) is 0 Å². The van der Waals surface area contributed by atoms with E-state index in [1.807, 2.05) is 18.2 Å². The summed E-state index contributed by atoms with van der Waals surface area (Å²) in [6.07, 6.45) is 0.369. The fourth-order valence-electron chi connectivity index (χ4n) is 2.82. The molecule has 1 heterocycles. The number of rotatable bonds is 3. The lowest BCUT2D eigenvalue weighted by Gasteiger charge is -2.35. The van der Waals surface area contributed by atoms with Gasteiger partial charge >= 0.3 is 5.97 Å². The molecule has 2 aliphatic rings. The first kappa shape index (κ1) is 13.6. The smallest absolute Gasteiger partial charge is 0.307 e. The van der Waals surface area contributed by atoms with Crippen LogP contribution in [-0.4, -0.2) is 40.9 Å². The first-order valence-electron chi connectivity index (χ1n) is 6.95. The number of amides is 2. The van der Waals surface area contributed by atoms with Crippen LogP contribution in [0.3, 0.4) is 0 Å². The number of carbonyl (C=O) groups excluding carboxylic acids is 2. The minimum atomic E-state index is -0.939. The van der Waals surface area contributed by atoms with E-state index in [1.165, 1.54) is 4.90 Å². The Morgan fingerprint density at radius 1 is 1.19 bits per heavy atom. The summed E-state index contributed by atoms with van der Waals surface area (Å²) in [7, 11) is 0. The van der Waals surface area contributed by atoms with E-state index in [0.29, 0.717) is 19.5 Å². The number of carboxylic acids is 1. The number of hydrogen-bond acceptors (Lipinski definition) is 3. The highest BCUT2D eigenvalue weighted by Gasteiger charge is 2.51. The lowest BCUT2D eigenvalue weighted by Crippen LogP contribution is -2.52. The molecule has 2 amide bonds. The summed E-state index contributed by atoms with van der Waals surface area (Å²) in [5, 5.41) is 11.7.